The van der Waals surface area contributed by atoms with Crippen molar-refractivity contribution < 1.29 is 14.3 Å². The number of benzene rings is 3. The fourth-order valence-corrected chi connectivity index (χ4v) is 4.80. The second kappa shape index (κ2) is 11.9. The fourth-order valence-electron chi connectivity index (χ4n) is 3.19. The van der Waals surface area contributed by atoms with Gasteiger partial charge in [0.1, 0.15) is 5.75 Å². The van der Waals surface area contributed by atoms with Crippen LogP contribution in [0.25, 0.3) is 11.3 Å². The first kappa shape index (κ1) is 24.8. The van der Waals surface area contributed by atoms with Crippen LogP contribution in [0.5, 0.6) is 5.75 Å². The molecule has 4 rings (SSSR count). The number of methoxy groups -OCH3 is 1. The van der Waals surface area contributed by atoms with Crippen molar-refractivity contribution in [3.05, 3.63) is 88.8 Å². The van der Waals surface area contributed by atoms with Crippen LogP contribution in [0.1, 0.15) is 5.56 Å². The number of anilines is 2. The Labute approximate surface area is 216 Å². The van der Waals surface area contributed by atoms with E-state index in [0.717, 1.165) is 27.5 Å². The molecule has 3 aromatic carbocycles. The molecule has 0 spiro atoms. The molecule has 6 nitrogen and oxygen atoms in total. The number of nitrogens with one attached hydrogen (secondary N) is 2. The average Bonchev–Trinajstić information content (AvgIpc) is 3.33. The highest BCUT2D eigenvalue weighted by atomic mass is 35.5. The maximum atomic E-state index is 12.4. The molecule has 0 aliphatic carbocycles. The van der Waals surface area contributed by atoms with Crippen LogP contribution in [-0.4, -0.2) is 29.7 Å². The first-order chi connectivity index (χ1) is 17.0. The predicted octanol–water partition coefficient (Wildman–Crippen LogP) is 6.38. The Morgan fingerprint density at radius 2 is 1.77 bits per heavy atom. The van der Waals surface area contributed by atoms with E-state index in [-0.39, 0.29) is 24.0 Å². The zero-order valence-corrected chi connectivity index (χ0v) is 21.2. The predicted molar refractivity (Wildman–Crippen MR) is 144 cm³/mol. The summed E-state index contributed by atoms with van der Waals surface area (Å²) in [7, 11) is 1.62. The van der Waals surface area contributed by atoms with Crippen molar-refractivity contribution in [2.24, 2.45) is 0 Å². The lowest BCUT2D eigenvalue weighted by Crippen LogP contribution is -2.15. The molecule has 0 aliphatic heterocycles. The highest BCUT2D eigenvalue weighted by Crippen LogP contribution is 2.27. The van der Waals surface area contributed by atoms with Crippen molar-refractivity contribution in [2.45, 2.75) is 11.3 Å². The van der Waals surface area contributed by atoms with Crippen molar-refractivity contribution in [2.75, 3.05) is 23.5 Å². The second-order valence-electron chi connectivity index (χ2n) is 7.48. The van der Waals surface area contributed by atoms with Gasteiger partial charge in [-0.05, 0) is 60.2 Å². The van der Waals surface area contributed by atoms with E-state index < -0.39 is 0 Å². The second-order valence-corrected chi connectivity index (χ2v) is 9.83. The van der Waals surface area contributed by atoms with Gasteiger partial charge in [0.25, 0.3) is 0 Å². The van der Waals surface area contributed by atoms with E-state index in [0.29, 0.717) is 15.8 Å². The molecule has 1 aromatic heterocycles. The maximum Gasteiger partial charge on any atom is 0.236 e. The van der Waals surface area contributed by atoms with E-state index in [1.54, 1.807) is 19.2 Å². The molecule has 0 saturated heterocycles. The summed E-state index contributed by atoms with van der Waals surface area (Å²) in [6.45, 7) is 0. The highest BCUT2D eigenvalue weighted by molar-refractivity contribution is 8.00. The van der Waals surface area contributed by atoms with Crippen LogP contribution in [-0.2, 0) is 16.0 Å². The van der Waals surface area contributed by atoms with Gasteiger partial charge >= 0.3 is 0 Å². The van der Waals surface area contributed by atoms with Crippen molar-refractivity contribution in [1.82, 2.24) is 4.98 Å². The molecule has 0 saturated carbocycles. The molecule has 0 bridgehead atoms. The lowest BCUT2D eigenvalue weighted by molar-refractivity contribution is -0.115. The smallest absolute Gasteiger partial charge is 0.236 e. The van der Waals surface area contributed by atoms with Crippen LogP contribution in [0, 0.1) is 0 Å². The topological polar surface area (TPSA) is 80.3 Å². The number of thiazole rings is 1. The molecular weight excluding hydrogens is 502 g/mol. The van der Waals surface area contributed by atoms with Gasteiger partial charge in [0.2, 0.25) is 11.8 Å². The van der Waals surface area contributed by atoms with Crippen molar-refractivity contribution in [1.29, 1.82) is 0 Å². The molecule has 9 heteroatoms. The number of thioether (sulfide) groups is 1. The van der Waals surface area contributed by atoms with E-state index in [1.807, 2.05) is 66.0 Å². The zero-order valence-electron chi connectivity index (χ0n) is 18.8. The number of rotatable bonds is 9. The van der Waals surface area contributed by atoms with Crippen LogP contribution >= 0.6 is 34.7 Å². The van der Waals surface area contributed by atoms with Crippen LogP contribution in [0.4, 0.5) is 10.8 Å². The third-order valence-electron chi connectivity index (χ3n) is 4.90. The molecule has 178 valence electrons. The van der Waals surface area contributed by atoms with Gasteiger partial charge < -0.3 is 15.4 Å². The molecule has 0 unspecified atom stereocenters. The van der Waals surface area contributed by atoms with Gasteiger partial charge in [0.15, 0.2) is 5.13 Å². The highest BCUT2D eigenvalue weighted by Gasteiger charge is 2.10. The first-order valence-electron chi connectivity index (χ1n) is 10.7. The summed E-state index contributed by atoms with van der Waals surface area (Å²) in [5.74, 6) is 0.728. The molecule has 4 aromatic rings. The molecule has 2 N–H and O–H groups in total. The summed E-state index contributed by atoms with van der Waals surface area (Å²) in [6.07, 6.45) is 0.253. The standard InChI is InChI=1S/C26H22ClN3O3S2/c1-33-21-11-7-18(8-12-21)23-15-35-26(29-23)30-25(32)16-34-22-4-2-3-20(14-22)28-24(31)13-17-5-9-19(27)10-6-17/h2-12,14-15H,13,16H2,1H3,(H,28,31)(H,29,30,32). The summed E-state index contributed by atoms with van der Waals surface area (Å²) in [5.41, 5.74) is 3.30. The third kappa shape index (κ3) is 7.32. The minimum atomic E-state index is -0.150. The number of carbonyl (C=O) groups is 2. The van der Waals surface area contributed by atoms with Crippen LogP contribution in [0.15, 0.2) is 83.1 Å². The van der Waals surface area contributed by atoms with Crippen molar-refractivity contribution in [3.63, 3.8) is 0 Å². The van der Waals surface area contributed by atoms with Gasteiger partial charge in [0, 0.05) is 26.5 Å². The lowest BCUT2D eigenvalue weighted by atomic mass is 10.1. The minimum Gasteiger partial charge on any atom is -0.497 e. The van der Waals surface area contributed by atoms with Gasteiger partial charge in [-0.3, -0.25) is 9.59 Å². The maximum absolute atomic E-state index is 12.4. The SMILES string of the molecule is COc1ccc(-c2csc(NC(=O)CSc3cccc(NC(=O)Cc4ccc(Cl)cc4)c3)n2)cc1. The summed E-state index contributed by atoms with van der Waals surface area (Å²) in [5, 5.41) is 8.83. The molecule has 0 atom stereocenters. The molecule has 0 radical (unpaired) electrons. The lowest BCUT2D eigenvalue weighted by Gasteiger charge is -2.08. The number of halogens is 1. The Morgan fingerprint density at radius 1 is 1.00 bits per heavy atom. The van der Waals surface area contributed by atoms with E-state index in [2.05, 4.69) is 15.6 Å². The van der Waals surface area contributed by atoms with Gasteiger partial charge in [-0.25, -0.2) is 4.98 Å². The number of hydrogen-bond donors (Lipinski definition) is 2. The normalized spacial score (nSPS) is 10.6. The van der Waals surface area contributed by atoms with Crippen molar-refractivity contribution in [3.8, 4) is 17.0 Å². The first-order valence-corrected chi connectivity index (χ1v) is 12.9. The summed E-state index contributed by atoms with van der Waals surface area (Å²) in [4.78, 5) is 30.2. The van der Waals surface area contributed by atoms with E-state index in [9.17, 15) is 9.59 Å². The third-order valence-corrected chi connectivity index (χ3v) is 6.91. The molecular formula is C26H22ClN3O3S2. The summed E-state index contributed by atoms with van der Waals surface area (Å²) in [6, 6.07) is 22.2. The summed E-state index contributed by atoms with van der Waals surface area (Å²) < 4.78 is 5.18. The number of aromatic nitrogens is 1. The number of ether oxygens (including phenoxy) is 1. The Hall–Kier alpha value is -3.33. The van der Waals surface area contributed by atoms with Crippen molar-refractivity contribution >= 4 is 57.3 Å². The Balaban J connectivity index is 1.27. The number of carbonyl (C=O) groups excluding carboxylic acids is 2. The van der Waals surface area contributed by atoms with Gasteiger partial charge in [0.05, 0.1) is 25.0 Å². The molecule has 0 aliphatic rings. The van der Waals surface area contributed by atoms with Crippen LogP contribution in [0.3, 0.4) is 0 Å². The minimum absolute atomic E-state index is 0.122. The molecule has 35 heavy (non-hydrogen) atoms. The Morgan fingerprint density at radius 3 is 2.51 bits per heavy atom. The fraction of sp³-hybridized carbons (Fsp3) is 0.115. The van der Waals surface area contributed by atoms with Gasteiger partial charge in [-0.15, -0.1) is 23.1 Å². The van der Waals surface area contributed by atoms with E-state index in [1.165, 1.54) is 23.1 Å². The largest absolute Gasteiger partial charge is 0.497 e. The monoisotopic (exact) mass is 523 g/mol. The molecule has 2 amide bonds. The average molecular weight is 524 g/mol. The van der Waals surface area contributed by atoms with E-state index in [4.69, 9.17) is 16.3 Å². The number of nitrogens with zero attached hydrogens (tertiary/aromatic N) is 1. The number of amides is 2. The quantitative estimate of drug-likeness (QED) is 0.249. The van der Waals surface area contributed by atoms with Gasteiger partial charge in [-0.2, -0.15) is 0 Å². The van der Waals surface area contributed by atoms with E-state index >= 15 is 0 Å². The Bertz CT molecular complexity index is 1310. The molecule has 1 heterocycles. The number of hydrogen-bond acceptors (Lipinski definition) is 6. The zero-order chi connectivity index (χ0) is 24.6. The molecule has 0 fully saturated rings. The summed E-state index contributed by atoms with van der Waals surface area (Å²) >= 11 is 8.65. The van der Waals surface area contributed by atoms with Gasteiger partial charge in [-0.1, -0.05) is 29.8 Å². The van der Waals surface area contributed by atoms with Crippen LogP contribution < -0.4 is 15.4 Å². The van der Waals surface area contributed by atoms with Crippen LogP contribution in [0.2, 0.25) is 5.02 Å². The Kier molecular flexibility index (Phi) is 8.41.